The minimum Gasteiger partial charge on any atom is -0.334 e. The summed E-state index contributed by atoms with van der Waals surface area (Å²) in [7, 11) is -8.15. The van der Waals surface area contributed by atoms with Crippen LogP contribution in [0.25, 0.3) is 0 Å². The molecule has 2 aromatic rings. The molecule has 0 unspecified atom stereocenters. The fourth-order valence-electron chi connectivity index (χ4n) is 2.87. The summed E-state index contributed by atoms with van der Waals surface area (Å²) in [6.45, 7) is 3.78. The zero-order chi connectivity index (χ0) is 23.0. The number of nitrogens with zero attached hydrogens (tertiary/aromatic N) is 2. The number of fused-ring (bicyclic) bond motifs is 1. The van der Waals surface area contributed by atoms with Gasteiger partial charge in [0.05, 0.1) is 10.5 Å². The van der Waals surface area contributed by atoms with Crippen molar-refractivity contribution in [2.45, 2.75) is 34.7 Å². The molecule has 1 N–H and O–H groups in total. The molecule has 0 saturated heterocycles. The molecule has 0 aliphatic carbocycles. The number of hydrogen-bond donors (Lipinski definition) is 1. The topological polar surface area (TPSA) is 95.9 Å². The van der Waals surface area contributed by atoms with E-state index in [1.807, 2.05) is 0 Å². The first-order valence-electron chi connectivity index (χ1n) is 8.99. The number of alkyl halides is 3. The van der Waals surface area contributed by atoms with E-state index in [1.165, 1.54) is 28.6 Å². The molecule has 1 aliphatic heterocycles. The highest BCUT2D eigenvalue weighted by molar-refractivity contribution is 8.15. The van der Waals surface area contributed by atoms with Crippen molar-refractivity contribution in [3.05, 3.63) is 48.0 Å². The summed E-state index contributed by atoms with van der Waals surface area (Å²) >= 11 is 0.877. The van der Waals surface area contributed by atoms with E-state index in [4.69, 9.17) is 0 Å². The van der Waals surface area contributed by atoms with E-state index in [2.05, 4.69) is 9.71 Å². The highest BCUT2D eigenvalue weighted by atomic mass is 32.2. The molecule has 0 bridgehead atoms. The average Bonchev–Trinajstić information content (AvgIpc) is 2.67. The van der Waals surface area contributed by atoms with Crippen molar-refractivity contribution >= 4 is 42.7 Å². The van der Waals surface area contributed by atoms with Gasteiger partial charge < -0.3 is 5.32 Å². The Hall–Kier alpha value is -2.09. The highest BCUT2D eigenvalue weighted by Crippen LogP contribution is 2.37. The van der Waals surface area contributed by atoms with E-state index in [-0.39, 0.29) is 38.6 Å². The van der Waals surface area contributed by atoms with E-state index in [0.29, 0.717) is 0 Å². The van der Waals surface area contributed by atoms with E-state index in [9.17, 15) is 30.0 Å². The molecule has 7 nitrogen and oxygen atoms in total. The largest absolute Gasteiger partial charge is 0.416 e. The summed E-state index contributed by atoms with van der Waals surface area (Å²) in [5, 5.41) is 2.43. The Morgan fingerprint density at radius 1 is 1.10 bits per heavy atom. The van der Waals surface area contributed by atoms with Crippen LogP contribution in [0, 0.1) is 0 Å². The highest BCUT2D eigenvalue weighted by Gasteiger charge is 2.32. The molecule has 0 aromatic heterocycles. The fraction of sp³-hybridized carbons (Fsp3) is 0.278. The summed E-state index contributed by atoms with van der Waals surface area (Å²) in [6, 6.07) is 7.95. The van der Waals surface area contributed by atoms with Gasteiger partial charge in [0.2, 0.25) is 10.0 Å². The van der Waals surface area contributed by atoms with Gasteiger partial charge in [0, 0.05) is 23.7 Å². The van der Waals surface area contributed by atoms with E-state index < -0.39 is 31.8 Å². The molecule has 0 amide bonds. The molecule has 13 heteroatoms. The maximum Gasteiger partial charge on any atom is 0.416 e. The van der Waals surface area contributed by atoms with Crippen molar-refractivity contribution in [1.29, 1.82) is 0 Å². The maximum absolute atomic E-state index is 12.9. The van der Waals surface area contributed by atoms with Crippen LogP contribution in [0.1, 0.15) is 19.4 Å². The number of rotatable bonds is 5. The summed E-state index contributed by atoms with van der Waals surface area (Å²) in [6.07, 6.45) is -4.55. The van der Waals surface area contributed by atoms with Gasteiger partial charge in [-0.2, -0.15) is 25.9 Å². The van der Waals surface area contributed by atoms with Crippen LogP contribution in [0.4, 0.5) is 18.9 Å². The first-order valence-corrected chi connectivity index (χ1v) is 12.7. The molecule has 0 atom stereocenters. The van der Waals surface area contributed by atoms with Gasteiger partial charge in [0.15, 0.2) is 5.17 Å². The van der Waals surface area contributed by atoms with E-state index in [1.54, 1.807) is 13.8 Å². The molecule has 0 saturated carbocycles. The van der Waals surface area contributed by atoms with Crippen molar-refractivity contribution in [2.75, 3.05) is 18.4 Å². The smallest absolute Gasteiger partial charge is 0.334 e. The molecule has 0 spiro atoms. The predicted molar refractivity (Wildman–Crippen MR) is 112 cm³/mol. The Labute approximate surface area is 182 Å². The Balaban J connectivity index is 1.95. The standard InChI is InChI=1S/C18H18F3N3O4S3/c1-3-24(4-2)31(27,28)14-8-9-15-16(11-14)30(25,26)23-17(29-15)22-13-7-5-6-12(10-13)18(19,20)21/h5-11H,3-4H2,1-2H3,(H,22,23). The van der Waals surface area contributed by atoms with Gasteiger partial charge >= 0.3 is 6.18 Å². The molecule has 0 fully saturated rings. The maximum atomic E-state index is 12.9. The van der Waals surface area contributed by atoms with Gasteiger partial charge in [0.25, 0.3) is 10.0 Å². The van der Waals surface area contributed by atoms with Gasteiger partial charge in [-0.25, -0.2) is 8.42 Å². The van der Waals surface area contributed by atoms with Crippen LogP contribution >= 0.6 is 11.8 Å². The lowest BCUT2D eigenvalue weighted by Crippen LogP contribution is -2.30. The fourth-order valence-corrected chi connectivity index (χ4v) is 6.95. The second kappa shape index (κ2) is 8.45. The van der Waals surface area contributed by atoms with E-state index >= 15 is 0 Å². The third-order valence-corrected chi connectivity index (χ3v) is 8.96. The van der Waals surface area contributed by atoms with Crippen molar-refractivity contribution in [3.63, 3.8) is 0 Å². The quantitative estimate of drug-likeness (QED) is 0.677. The number of amidine groups is 1. The molecular formula is C18H18F3N3O4S3. The molecule has 2 aromatic carbocycles. The number of nitrogens with one attached hydrogen (secondary N) is 1. The minimum atomic E-state index is -4.55. The Bertz CT molecular complexity index is 1240. The van der Waals surface area contributed by atoms with Crippen LogP contribution in [0.15, 0.2) is 61.5 Å². The van der Waals surface area contributed by atoms with Gasteiger partial charge in [-0.1, -0.05) is 19.9 Å². The van der Waals surface area contributed by atoms with Gasteiger partial charge in [-0.05, 0) is 48.2 Å². The molecule has 31 heavy (non-hydrogen) atoms. The first kappa shape index (κ1) is 23.6. The molecule has 1 heterocycles. The lowest BCUT2D eigenvalue weighted by molar-refractivity contribution is -0.137. The number of thioether (sulfide) groups is 1. The molecular weight excluding hydrogens is 475 g/mol. The second-order valence-corrected chi connectivity index (χ2v) is 10.9. The zero-order valence-corrected chi connectivity index (χ0v) is 18.8. The number of sulfonamides is 2. The number of benzene rings is 2. The molecule has 3 rings (SSSR count). The van der Waals surface area contributed by atoms with Crippen molar-refractivity contribution in [2.24, 2.45) is 4.40 Å². The first-order chi connectivity index (χ1) is 14.4. The van der Waals surface area contributed by atoms with Gasteiger partial charge in [-0.3, -0.25) is 0 Å². The summed E-state index contributed by atoms with van der Waals surface area (Å²) in [5.74, 6) is 0. The Morgan fingerprint density at radius 2 is 1.77 bits per heavy atom. The Morgan fingerprint density at radius 3 is 2.39 bits per heavy atom. The number of anilines is 1. The van der Waals surface area contributed by atoms with Crippen molar-refractivity contribution in [1.82, 2.24) is 4.31 Å². The third kappa shape index (κ3) is 4.89. The number of halogens is 3. The van der Waals surface area contributed by atoms with Crippen molar-refractivity contribution < 1.29 is 30.0 Å². The lowest BCUT2D eigenvalue weighted by atomic mass is 10.2. The summed E-state index contributed by atoms with van der Waals surface area (Å²) < 4.78 is 94.2. The summed E-state index contributed by atoms with van der Waals surface area (Å²) in [4.78, 5) is -0.244. The molecule has 0 radical (unpaired) electrons. The normalized spacial score (nSPS) is 16.0. The van der Waals surface area contributed by atoms with Crippen LogP contribution in [0.2, 0.25) is 0 Å². The van der Waals surface area contributed by atoms with Crippen molar-refractivity contribution in [3.8, 4) is 0 Å². The molecule has 1 aliphatic rings. The number of hydrogen-bond acceptors (Lipinski definition) is 6. The van der Waals surface area contributed by atoms with E-state index in [0.717, 1.165) is 30.0 Å². The van der Waals surface area contributed by atoms with Gasteiger partial charge in [-0.15, -0.1) is 4.40 Å². The molecule has 168 valence electrons. The zero-order valence-electron chi connectivity index (χ0n) is 16.3. The minimum absolute atomic E-state index is 0.0143. The van der Waals surface area contributed by atoms with Crippen LogP contribution in [0.5, 0.6) is 0 Å². The summed E-state index contributed by atoms with van der Waals surface area (Å²) in [5.41, 5.74) is -0.881. The van der Waals surface area contributed by atoms with Gasteiger partial charge in [0.1, 0.15) is 4.90 Å². The monoisotopic (exact) mass is 493 g/mol. The van der Waals surface area contributed by atoms with Crippen LogP contribution in [-0.2, 0) is 26.2 Å². The second-order valence-electron chi connectivity index (χ2n) is 6.38. The van der Waals surface area contributed by atoms with Crippen LogP contribution in [0.3, 0.4) is 0 Å². The average molecular weight is 494 g/mol. The third-order valence-electron chi connectivity index (χ3n) is 4.39. The van der Waals surface area contributed by atoms with Crippen LogP contribution < -0.4 is 5.32 Å². The Kier molecular flexibility index (Phi) is 6.42. The van der Waals surface area contributed by atoms with Crippen LogP contribution in [-0.4, -0.2) is 39.4 Å². The SMILES string of the molecule is CCN(CC)S(=O)(=O)c1ccc2c(c1)S(=O)(=O)N=C(Nc1cccc(C(F)(F)F)c1)S2. The predicted octanol–water partition coefficient (Wildman–Crippen LogP) is 4.00. The lowest BCUT2D eigenvalue weighted by Gasteiger charge is -2.21.